The quantitative estimate of drug-likeness (QED) is 0.780. The Morgan fingerprint density at radius 2 is 1.76 bits per heavy atom. The van der Waals surface area contributed by atoms with Gasteiger partial charge in [0.2, 0.25) is 0 Å². The van der Waals surface area contributed by atoms with Gasteiger partial charge in [0.05, 0.1) is 6.61 Å². The molecule has 2 rings (SSSR count). The topological polar surface area (TPSA) is 21.3 Å². The molecule has 1 unspecified atom stereocenters. The third-order valence-corrected chi connectivity index (χ3v) is 3.34. The summed E-state index contributed by atoms with van der Waals surface area (Å²) in [6.45, 7) is 3.52. The third kappa shape index (κ3) is 4.87. The van der Waals surface area contributed by atoms with Gasteiger partial charge in [-0.15, -0.1) is 0 Å². The zero-order valence-corrected chi connectivity index (χ0v) is 12.4. The van der Waals surface area contributed by atoms with E-state index in [4.69, 9.17) is 4.74 Å². The first-order chi connectivity index (χ1) is 10.3. The van der Waals surface area contributed by atoms with Crippen LogP contribution in [-0.2, 0) is 0 Å². The second kappa shape index (κ2) is 8.42. The molecule has 1 atom stereocenters. The fourth-order valence-electron chi connectivity index (χ4n) is 2.26. The molecule has 112 valence electrons. The summed E-state index contributed by atoms with van der Waals surface area (Å²) in [6.07, 6.45) is 1.75. The standard InChI is InChI=1S/C18H22FNO/c1-2-13-20-18(16-10-6-7-11-17(16)19)12-14-21-15-8-4-3-5-9-15/h3-11,18,20H,2,12-14H2,1H3. The van der Waals surface area contributed by atoms with E-state index in [1.54, 1.807) is 6.07 Å². The van der Waals surface area contributed by atoms with E-state index in [2.05, 4.69) is 12.2 Å². The Morgan fingerprint density at radius 1 is 1.05 bits per heavy atom. The Labute approximate surface area is 126 Å². The van der Waals surface area contributed by atoms with E-state index in [1.807, 2.05) is 42.5 Å². The van der Waals surface area contributed by atoms with Crippen molar-refractivity contribution in [3.63, 3.8) is 0 Å². The highest BCUT2D eigenvalue weighted by atomic mass is 19.1. The van der Waals surface area contributed by atoms with Crippen molar-refractivity contribution in [1.29, 1.82) is 0 Å². The summed E-state index contributed by atoms with van der Waals surface area (Å²) in [6, 6.07) is 16.6. The van der Waals surface area contributed by atoms with E-state index < -0.39 is 0 Å². The van der Waals surface area contributed by atoms with Gasteiger partial charge in [-0.25, -0.2) is 4.39 Å². The van der Waals surface area contributed by atoms with Crippen LogP contribution in [0.15, 0.2) is 54.6 Å². The van der Waals surface area contributed by atoms with Crippen molar-refractivity contribution in [2.75, 3.05) is 13.2 Å². The van der Waals surface area contributed by atoms with Gasteiger partial charge in [0.25, 0.3) is 0 Å². The number of ether oxygens (including phenoxy) is 1. The number of benzene rings is 2. The van der Waals surface area contributed by atoms with E-state index in [9.17, 15) is 4.39 Å². The van der Waals surface area contributed by atoms with Gasteiger partial charge in [-0.3, -0.25) is 0 Å². The molecule has 0 aliphatic carbocycles. The first kappa shape index (κ1) is 15.5. The summed E-state index contributed by atoms with van der Waals surface area (Å²) < 4.78 is 19.7. The molecular formula is C18H22FNO. The summed E-state index contributed by atoms with van der Waals surface area (Å²) in [7, 11) is 0. The first-order valence-corrected chi connectivity index (χ1v) is 7.47. The van der Waals surface area contributed by atoms with Gasteiger partial charge < -0.3 is 10.1 Å². The van der Waals surface area contributed by atoms with Crippen molar-refractivity contribution < 1.29 is 9.13 Å². The molecule has 2 nitrogen and oxygen atoms in total. The third-order valence-electron chi connectivity index (χ3n) is 3.34. The Hall–Kier alpha value is -1.87. The van der Waals surface area contributed by atoms with Gasteiger partial charge in [0, 0.05) is 18.0 Å². The monoisotopic (exact) mass is 287 g/mol. The van der Waals surface area contributed by atoms with Crippen LogP contribution in [0.25, 0.3) is 0 Å². The zero-order valence-electron chi connectivity index (χ0n) is 12.4. The van der Waals surface area contributed by atoms with Gasteiger partial charge in [-0.05, 0) is 31.2 Å². The second-order valence-electron chi connectivity index (χ2n) is 4.98. The lowest BCUT2D eigenvalue weighted by atomic mass is 10.0. The molecule has 0 aliphatic rings. The molecule has 2 aromatic rings. The maximum Gasteiger partial charge on any atom is 0.127 e. The minimum Gasteiger partial charge on any atom is -0.494 e. The molecule has 2 aromatic carbocycles. The van der Waals surface area contributed by atoms with Crippen molar-refractivity contribution in [3.05, 3.63) is 66.0 Å². The minimum atomic E-state index is -0.161. The molecule has 0 bridgehead atoms. The molecule has 0 saturated carbocycles. The van der Waals surface area contributed by atoms with Crippen LogP contribution in [0.3, 0.4) is 0 Å². The molecule has 0 aromatic heterocycles. The Morgan fingerprint density at radius 3 is 2.48 bits per heavy atom. The molecule has 0 aliphatic heterocycles. The smallest absolute Gasteiger partial charge is 0.127 e. The average Bonchev–Trinajstić information content (AvgIpc) is 2.52. The summed E-state index contributed by atoms with van der Waals surface area (Å²) in [5, 5.41) is 3.39. The number of hydrogen-bond acceptors (Lipinski definition) is 2. The molecule has 0 fully saturated rings. The molecule has 1 N–H and O–H groups in total. The maximum atomic E-state index is 13.9. The number of rotatable bonds is 8. The van der Waals surface area contributed by atoms with Crippen molar-refractivity contribution in [2.45, 2.75) is 25.8 Å². The molecule has 0 spiro atoms. The Balaban J connectivity index is 1.95. The highest BCUT2D eigenvalue weighted by molar-refractivity contribution is 5.22. The molecule has 0 radical (unpaired) electrons. The SMILES string of the molecule is CCCNC(CCOc1ccccc1)c1ccccc1F. The number of halogens is 1. The van der Waals surface area contributed by atoms with E-state index in [0.717, 1.165) is 25.1 Å². The molecule has 21 heavy (non-hydrogen) atoms. The van der Waals surface area contributed by atoms with Gasteiger partial charge in [-0.1, -0.05) is 43.3 Å². The number of para-hydroxylation sites is 1. The summed E-state index contributed by atoms with van der Waals surface area (Å²) in [5.74, 6) is 0.686. The summed E-state index contributed by atoms with van der Waals surface area (Å²) >= 11 is 0. The fraction of sp³-hybridized carbons (Fsp3) is 0.333. The van der Waals surface area contributed by atoms with Crippen LogP contribution in [0, 0.1) is 5.82 Å². The van der Waals surface area contributed by atoms with Crippen LogP contribution >= 0.6 is 0 Å². The lowest BCUT2D eigenvalue weighted by molar-refractivity contribution is 0.284. The van der Waals surface area contributed by atoms with E-state index in [1.165, 1.54) is 6.07 Å². The largest absolute Gasteiger partial charge is 0.494 e. The normalized spacial score (nSPS) is 12.1. The van der Waals surface area contributed by atoms with Crippen LogP contribution in [0.4, 0.5) is 4.39 Å². The average molecular weight is 287 g/mol. The van der Waals surface area contributed by atoms with Crippen LogP contribution in [0.1, 0.15) is 31.4 Å². The van der Waals surface area contributed by atoms with Crippen LogP contribution in [0.2, 0.25) is 0 Å². The van der Waals surface area contributed by atoms with E-state index in [-0.39, 0.29) is 11.9 Å². The maximum absolute atomic E-state index is 13.9. The molecule has 3 heteroatoms. The van der Waals surface area contributed by atoms with Crippen molar-refractivity contribution in [3.8, 4) is 5.75 Å². The number of nitrogens with one attached hydrogen (secondary N) is 1. The van der Waals surface area contributed by atoms with Crippen LogP contribution in [-0.4, -0.2) is 13.2 Å². The van der Waals surface area contributed by atoms with E-state index >= 15 is 0 Å². The Bertz CT molecular complexity index is 530. The van der Waals surface area contributed by atoms with Gasteiger partial charge in [0.15, 0.2) is 0 Å². The molecule has 0 heterocycles. The van der Waals surface area contributed by atoms with E-state index in [0.29, 0.717) is 12.2 Å². The Kier molecular flexibility index (Phi) is 6.22. The summed E-state index contributed by atoms with van der Waals surface area (Å²) in [5.41, 5.74) is 0.711. The summed E-state index contributed by atoms with van der Waals surface area (Å²) in [4.78, 5) is 0. The van der Waals surface area contributed by atoms with Crippen LogP contribution < -0.4 is 10.1 Å². The van der Waals surface area contributed by atoms with Gasteiger partial charge in [0.1, 0.15) is 11.6 Å². The zero-order chi connectivity index (χ0) is 14.9. The molecular weight excluding hydrogens is 265 g/mol. The second-order valence-corrected chi connectivity index (χ2v) is 4.98. The predicted octanol–water partition coefficient (Wildman–Crippen LogP) is 4.34. The predicted molar refractivity (Wildman–Crippen MR) is 84.0 cm³/mol. The van der Waals surface area contributed by atoms with Crippen molar-refractivity contribution in [2.24, 2.45) is 0 Å². The van der Waals surface area contributed by atoms with Gasteiger partial charge >= 0.3 is 0 Å². The molecule has 0 amide bonds. The lowest BCUT2D eigenvalue weighted by Gasteiger charge is -2.20. The lowest BCUT2D eigenvalue weighted by Crippen LogP contribution is -2.24. The minimum absolute atomic E-state index is 0.0186. The highest BCUT2D eigenvalue weighted by Gasteiger charge is 2.14. The molecule has 0 saturated heterocycles. The first-order valence-electron chi connectivity index (χ1n) is 7.47. The highest BCUT2D eigenvalue weighted by Crippen LogP contribution is 2.20. The van der Waals surface area contributed by atoms with Crippen molar-refractivity contribution in [1.82, 2.24) is 5.32 Å². The van der Waals surface area contributed by atoms with Gasteiger partial charge in [-0.2, -0.15) is 0 Å². The van der Waals surface area contributed by atoms with Crippen LogP contribution in [0.5, 0.6) is 5.75 Å². The fourth-order valence-corrected chi connectivity index (χ4v) is 2.26. The van der Waals surface area contributed by atoms with Crippen molar-refractivity contribution >= 4 is 0 Å². The number of hydrogen-bond donors (Lipinski definition) is 1.